The molecule has 1 heterocycles. The van der Waals surface area contributed by atoms with Crippen LogP contribution in [0.25, 0.3) is 5.69 Å². The second kappa shape index (κ2) is 7.28. The van der Waals surface area contributed by atoms with Gasteiger partial charge in [0.05, 0.1) is 5.69 Å². The number of amides is 1. The first kappa shape index (κ1) is 17.0. The number of hydrogen-bond donors (Lipinski definition) is 2. The summed E-state index contributed by atoms with van der Waals surface area (Å²) < 4.78 is 38.8. The van der Waals surface area contributed by atoms with Crippen LogP contribution in [0.2, 0.25) is 0 Å². The second-order valence-corrected chi connectivity index (χ2v) is 4.80. The van der Waals surface area contributed by atoms with E-state index in [2.05, 4.69) is 15.7 Å². The normalized spacial score (nSPS) is 11.5. The summed E-state index contributed by atoms with van der Waals surface area (Å²) in [5.74, 6) is -0.284. The lowest BCUT2D eigenvalue weighted by molar-refractivity contribution is -0.141. The molecule has 23 heavy (non-hydrogen) atoms. The lowest BCUT2D eigenvalue weighted by Crippen LogP contribution is -2.31. The second-order valence-electron chi connectivity index (χ2n) is 4.80. The molecule has 0 atom stereocenters. The quantitative estimate of drug-likeness (QED) is 0.801. The maximum absolute atomic E-state index is 12.6. The number of hydrogen-bond acceptors (Lipinski definition) is 3. The monoisotopic (exact) mass is 326 g/mol. The molecule has 0 radical (unpaired) electrons. The number of halogens is 3. The van der Waals surface area contributed by atoms with Crippen molar-refractivity contribution in [2.45, 2.75) is 13.1 Å². The third-order valence-electron chi connectivity index (χ3n) is 3.09. The minimum absolute atomic E-state index is 0.284. The van der Waals surface area contributed by atoms with Crippen LogP contribution in [-0.2, 0) is 6.18 Å². The van der Waals surface area contributed by atoms with Gasteiger partial charge in [0.1, 0.15) is 0 Å². The Labute approximate surface area is 131 Å². The first-order valence-electron chi connectivity index (χ1n) is 7.14. The van der Waals surface area contributed by atoms with Gasteiger partial charge in [-0.05, 0) is 30.8 Å². The number of benzene rings is 1. The Morgan fingerprint density at radius 3 is 2.70 bits per heavy atom. The highest BCUT2D eigenvalue weighted by Crippen LogP contribution is 2.27. The Morgan fingerprint density at radius 1 is 1.26 bits per heavy atom. The molecule has 0 aliphatic rings. The van der Waals surface area contributed by atoms with E-state index in [1.54, 1.807) is 18.2 Å². The van der Waals surface area contributed by atoms with E-state index in [1.165, 1.54) is 12.3 Å². The maximum Gasteiger partial charge on any atom is 0.435 e. The molecule has 2 N–H and O–H groups in total. The van der Waals surface area contributed by atoms with Gasteiger partial charge in [0.15, 0.2) is 5.69 Å². The summed E-state index contributed by atoms with van der Waals surface area (Å²) in [6.45, 7) is 3.89. The minimum Gasteiger partial charge on any atom is -0.351 e. The van der Waals surface area contributed by atoms with Gasteiger partial charge < -0.3 is 10.6 Å². The molecule has 2 rings (SSSR count). The topological polar surface area (TPSA) is 58.9 Å². The van der Waals surface area contributed by atoms with Crippen LogP contribution in [0.3, 0.4) is 0 Å². The van der Waals surface area contributed by atoms with Crippen molar-refractivity contribution >= 4 is 5.91 Å². The first-order chi connectivity index (χ1) is 10.9. The van der Waals surface area contributed by atoms with Gasteiger partial charge in [-0.15, -0.1) is 0 Å². The molecule has 0 saturated carbocycles. The van der Waals surface area contributed by atoms with Gasteiger partial charge in [-0.3, -0.25) is 4.79 Å². The maximum atomic E-state index is 12.6. The van der Waals surface area contributed by atoms with E-state index in [4.69, 9.17) is 0 Å². The van der Waals surface area contributed by atoms with Gasteiger partial charge in [0.2, 0.25) is 0 Å². The van der Waals surface area contributed by atoms with Crippen LogP contribution in [-0.4, -0.2) is 35.3 Å². The molecule has 2 aromatic rings. The van der Waals surface area contributed by atoms with Crippen LogP contribution in [0.4, 0.5) is 13.2 Å². The highest BCUT2D eigenvalue weighted by molar-refractivity contribution is 5.94. The van der Waals surface area contributed by atoms with E-state index in [9.17, 15) is 18.0 Å². The Hall–Kier alpha value is -2.35. The molecule has 0 aliphatic carbocycles. The fourth-order valence-corrected chi connectivity index (χ4v) is 1.95. The predicted octanol–water partition coefficient (Wildman–Crippen LogP) is 2.23. The molecule has 1 aromatic carbocycles. The standard InChI is InChI=1S/C15H17F3N4O/c1-2-19-7-8-20-14(23)11-4-3-5-12(10-11)22-9-6-13(21-22)15(16,17)18/h3-6,9-10,19H,2,7-8H2,1H3,(H,20,23). The largest absolute Gasteiger partial charge is 0.435 e. The highest BCUT2D eigenvalue weighted by atomic mass is 19.4. The van der Waals surface area contributed by atoms with Crippen LogP contribution in [0.1, 0.15) is 23.0 Å². The summed E-state index contributed by atoms with van der Waals surface area (Å²) in [7, 11) is 0. The van der Waals surface area contributed by atoms with E-state index in [1.807, 2.05) is 6.92 Å². The summed E-state index contributed by atoms with van der Waals surface area (Å²) in [6, 6.07) is 7.17. The Balaban J connectivity index is 2.10. The van der Waals surface area contributed by atoms with E-state index < -0.39 is 11.9 Å². The van der Waals surface area contributed by atoms with Crippen molar-refractivity contribution in [1.29, 1.82) is 0 Å². The van der Waals surface area contributed by atoms with Crippen LogP contribution in [0.5, 0.6) is 0 Å². The van der Waals surface area contributed by atoms with Crippen LogP contribution >= 0.6 is 0 Å². The van der Waals surface area contributed by atoms with E-state index in [0.29, 0.717) is 24.3 Å². The summed E-state index contributed by atoms with van der Waals surface area (Å²) >= 11 is 0. The van der Waals surface area contributed by atoms with Crippen molar-refractivity contribution < 1.29 is 18.0 Å². The summed E-state index contributed by atoms with van der Waals surface area (Å²) in [5, 5.41) is 9.29. The third-order valence-corrected chi connectivity index (χ3v) is 3.09. The van der Waals surface area contributed by atoms with Crippen molar-refractivity contribution in [3.63, 3.8) is 0 Å². The first-order valence-corrected chi connectivity index (χ1v) is 7.14. The van der Waals surface area contributed by atoms with Gasteiger partial charge >= 0.3 is 6.18 Å². The fraction of sp³-hybridized carbons (Fsp3) is 0.333. The smallest absolute Gasteiger partial charge is 0.351 e. The number of alkyl halides is 3. The van der Waals surface area contributed by atoms with E-state index in [-0.39, 0.29) is 5.91 Å². The zero-order valence-corrected chi connectivity index (χ0v) is 12.5. The molecule has 0 saturated heterocycles. The van der Waals surface area contributed by atoms with Gasteiger partial charge in [-0.2, -0.15) is 18.3 Å². The molecule has 0 aliphatic heterocycles. The molecule has 0 bridgehead atoms. The van der Waals surface area contributed by atoms with Gasteiger partial charge in [-0.1, -0.05) is 13.0 Å². The number of carbonyl (C=O) groups is 1. The molecule has 124 valence electrons. The molecule has 8 heteroatoms. The number of nitrogens with one attached hydrogen (secondary N) is 2. The Bertz CT molecular complexity index is 667. The molecule has 0 unspecified atom stereocenters. The molecule has 0 spiro atoms. The molecule has 1 amide bonds. The summed E-state index contributed by atoms with van der Waals surface area (Å²) in [4.78, 5) is 12.0. The highest BCUT2D eigenvalue weighted by Gasteiger charge is 2.33. The van der Waals surface area contributed by atoms with Crippen molar-refractivity contribution in [3.05, 3.63) is 47.8 Å². The van der Waals surface area contributed by atoms with Gasteiger partial charge in [-0.25, -0.2) is 4.68 Å². The lowest BCUT2D eigenvalue weighted by Gasteiger charge is -2.08. The van der Waals surface area contributed by atoms with Crippen LogP contribution < -0.4 is 10.6 Å². The SMILES string of the molecule is CCNCCNC(=O)c1cccc(-n2ccc(C(F)(F)F)n2)c1. The average molecular weight is 326 g/mol. The zero-order chi connectivity index (χ0) is 16.9. The van der Waals surface area contributed by atoms with Crippen molar-refractivity contribution in [1.82, 2.24) is 20.4 Å². The Morgan fingerprint density at radius 2 is 2.04 bits per heavy atom. The predicted molar refractivity (Wildman–Crippen MR) is 79.4 cm³/mol. The number of carbonyl (C=O) groups excluding carboxylic acids is 1. The number of aromatic nitrogens is 2. The van der Waals surface area contributed by atoms with E-state index >= 15 is 0 Å². The fourth-order valence-electron chi connectivity index (χ4n) is 1.95. The number of nitrogens with zero attached hydrogens (tertiary/aromatic N) is 2. The molecule has 5 nitrogen and oxygen atoms in total. The van der Waals surface area contributed by atoms with Gasteiger partial charge in [0, 0.05) is 24.8 Å². The molecular weight excluding hydrogens is 309 g/mol. The van der Waals surface area contributed by atoms with E-state index in [0.717, 1.165) is 17.3 Å². The van der Waals surface area contributed by atoms with Crippen LogP contribution in [0, 0.1) is 0 Å². The minimum atomic E-state index is -4.49. The zero-order valence-electron chi connectivity index (χ0n) is 12.5. The van der Waals surface area contributed by atoms with Crippen LogP contribution in [0.15, 0.2) is 36.5 Å². The number of likely N-dealkylation sites (N-methyl/N-ethyl adjacent to an activating group) is 1. The van der Waals surface area contributed by atoms with Crippen molar-refractivity contribution in [3.8, 4) is 5.69 Å². The van der Waals surface area contributed by atoms with Crippen molar-refractivity contribution in [2.24, 2.45) is 0 Å². The Kier molecular flexibility index (Phi) is 5.38. The molecule has 1 aromatic heterocycles. The summed E-state index contributed by atoms with van der Waals surface area (Å²) in [6.07, 6.45) is -3.28. The van der Waals surface area contributed by atoms with Crippen molar-refractivity contribution in [2.75, 3.05) is 19.6 Å². The third kappa shape index (κ3) is 4.56. The van der Waals surface area contributed by atoms with Gasteiger partial charge in [0.25, 0.3) is 5.91 Å². The number of rotatable bonds is 6. The molecular formula is C15H17F3N4O. The lowest BCUT2D eigenvalue weighted by atomic mass is 10.2. The summed E-state index contributed by atoms with van der Waals surface area (Å²) in [5.41, 5.74) is -0.221. The average Bonchev–Trinajstić information content (AvgIpc) is 3.02. The molecule has 0 fully saturated rings.